The molecular weight excluding hydrogens is 636 g/mol. The molecule has 0 aliphatic heterocycles. The summed E-state index contributed by atoms with van der Waals surface area (Å²) in [4.78, 5) is 39.8. The quantitative estimate of drug-likeness (QED) is 0.164. The van der Waals surface area contributed by atoms with E-state index in [4.69, 9.17) is 21.1 Å². The van der Waals surface area contributed by atoms with E-state index in [1.807, 2.05) is 13.8 Å². The second-order valence-electron chi connectivity index (χ2n) is 10.6. The highest BCUT2D eigenvalue weighted by Gasteiger charge is 2.36. The molecule has 0 radical (unpaired) electrons. The van der Waals surface area contributed by atoms with E-state index in [0.717, 1.165) is 10.4 Å². The first kappa shape index (κ1) is 36.1. The Kier molecular flexibility index (Phi) is 12.4. The summed E-state index contributed by atoms with van der Waals surface area (Å²) in [5, 5.41) is 14.8. The Morgan fingerprint density at radius 1 is 1.02 bits per heavy atom. The minimum Gasteiger partial charge on any atom is -0.497 e. The highest BCUT2D eigenvalue weighted by Crippen LogP contribution is 2.36. The van der Waals surface area contributed by atoms with Crippen LogP contribution in [0.4, 0.5) is 11.4 Å². The fraction of sp³-hybridized carbons (Fsp3) is 0.375. The number of anilines is 1. The standard InChI is InChI=1S/C32H39ClN4O8S/c1-7-22(4)34-32(39)27(8-2)35(19-23-10-9-11-25(16-23)44-5)31(38)20-36(29-17-24(33)13-15-30(29)45-6)46(42,43)26-14-12-21(3)28(18-26)37(40)41/h9-18,22,27H,7-8,19-20H2,1-6H3,(H,34,39)/t22-,27-/m0/s1. The summed E-state index contributed by atoms with van der Waals surface area (Å²) in [6.45, 7) is 6.19. The van der Waals surface area contributed by atoms with E-state index >= 15 is 0 Å². The molecule has 3 rings (SSSR count). The predicted molar refractivity (Wildman–Crippen MR) is 176 cm³/mol. The molecule has 14 heteroatoms. The highest BCUT2D eigenvalue weighted by molar-refractivity contribution is 7.92. The van der Waals surface area contributed by atoms with E-state index in [9.17, 15) is 28.1 Å². The number of carbonyl (C=O) groups excluding carboxylic acids is 2. The average molecular weight is 675 g/mol. The summed E-state index contributed by atoms with van der Waals surface area (Å²) in [7, 11) is -1.80. The molecule has 0 unspecified atom stereocenters. The Morgan fingerprint density at radius 2 is 1.74 bits per heavy atom. The normalized spacial score (nSPS) is 12.5. The van der Waals surface area contributed by atoms with E-state index in [1.54, 1.807) is 31.2 Å². The van der Waals surface area contributed by atoms with Crippen molar-refractivity contribution >= 4 is 44.8 Å². The van der Waals surface area contributed by atoms with Gasteiger partial charge in [0.05, 0.1) is 29.7 Å². The monoisotopic (exact) mass is 674 g/mol. The highest BCUT2D eigenvalue weighted by atomic mass is 35.5. The molecule has 2 atom stereocenters. The summed E-state index contributed by atoms with van der Waals surface area (Å²) in [6, 6.07) is 13.6. The molecule has 3 aromatic rings. The lowest BCUT2D eigenvalue weighted by Gasteiger charge is -2.34. The second kappa shape index (κ2) is 15.8. The van der Waals surface area contributed by atoms with Gasteiger partial charge >= 0.3 is 0 Å². The van der Waals surface area contributed by atoms with Crippen molar-refractivity contribution in [2.45, 2.75) is 64.1 Å². The van der Waals surface area contributed by atoms with Crippen molar-refractivity contribution in [1.29, 1.82) is 0 Å². The first-order valence-corrected chi connectivity index (χ1v) is 16.4. The van der Waals surface area contributed by atoms with Crippen LogP contribution in [-0.4, -0.2) is 62.9 Å². The smallest absolute Gasteiger partial charge is 0.273 e. The zero-order chi connectivity index (χ0) is 34.2. The summed E-state index contributed by atoms with van der Waals surface area (Å²) in [6.07, 6.45) is 0.893. The van der Waals surface area contributed by atoms with Crippen LogP contribution >= 0.6 is 11.6 Å². The number of carbonyl (C=O) groups is 2. The van der Waals surface area contributed by atoms with Gasteiger partial charge in [-0.05, 0) is 68.7 Å². The van der Waals surface area contributed by atoms with Gasteiger partial charge < -0.3 is 19.7 Å². The molecule has 0 saturated carbocycles. The van der Waals surface area contributed by atoms with Gasteiger partial charge in [-0.2, -0.15) is 0 Å². The molecule has 0 spiro atoms. The molecule has 0 saturated heterocycles. The number of ether oxygens (including phenoxy) is 2. The van der Waals surface area contributed by atoms with Crippen molar-refractivity contribution in [3.8, 4) is 11.5 Å². The molecule has 0 aliphatic rings. The van der Waals surface area contributed by atoms with E-state index < -0.39 is 49.9 Å². The van der Waals surface area contributed by atoms with Crippen molar-refractivity contribution in [1.82, 2.24) is 10.2 Å². The maximum atomic E-state index is 14.4. The third-order valence-corrected chi connectivity index (χ3v) is 9.52. The first-order valence-electron chi connectivity index (χ1n) is 14.6. The van der Waals surface area contributed by atoms with Crippen LogP contribution in [0, 0.1) is 17.0 Å². The minimum absolute atomic E-state index is 0.0426. The largest absolute Gasteiger partial charge is 0.497 e. The number of aryl methyl sites for hydroxylation is 1. The van der Waals surface area contributed by atoms with Crippen LogP contribution in [0.1, 0.15) is 44.7 Å². The average Bonchev–Trinajstić information content (AvgIpc) is 3.03. The van der Waals surface area contributed by atoms with Crippen LogP contribution in [0.15, 0.2) is 65.6 Å². The molecule has 0 heterocycles. The summed E-state index contributed by atoms with van der Waals surface area (Å²) in [5.41, 5.74) is 0.434. The molecule has 12 nitrogen and oxygen atoms in total. The summed E-state index contributed by atoms with van der Waals surface area (Å²) >= 11 is 6.29. The van der Waals surface area contributed by atoms with Crippen LogP contribution < -0.4 is 19.1 Å². The molecule has 2 amide bonds. The van der Waals surface area contributed by atoms with Crippen molar-refractivity contribution < 1.29 is 32.4 Å². The van der Waals surface area contributed by atoms with Crippen LogP contribution in [0.25, 0.3) is 0 Å². The van der Waals surface area contributed by atoms with Gasteiger partial charge in [0, 0.05) is 29.2 Å². The van der Waals surface area contributed by atoms with Gasteiger partial charge in [0.25, 0.3) is 15.7 Å². The summed E-state index contributed by atoms with van der Waals surface area (Å²) in [5.74, 6) is -0.475. The number of halogens is 1. The van der Waals surface area contributed by atoms with Gasteiger partial charge in [0.2, 0.25) is 11.8 Å². The van der Waals surface area contributed by atoms with Crippen molar-refractivity contribution in [2.24, 2.45) is 0 Å². The maximum absolute atomic E-state index is 14.4. The third kappa shape index (κ3) is 8.46. The SMILES string of the molecule is CC[C@H](C)NC(=O)[C@H](CC)N(Cc1cccc(OC)c1)C(=O)CN(c1cc(Cl)ccc1OC)S(=O)(=O)c1ccc(C)c([N+](=O)[O-])c1. The predicted octanol–water partition coefficient (Wildman–Crippen LogP) is 5.49. The van der Waals surface area contributed by atoms with E-state index in [0.29, 0.717) is 17.7 Å². The fourth-order valence-electron chi connectivity index (χ4n) is 4.77. The molecule has 3 aromatic carbocycles. The van der Waals surface area contributed by atoms with Crippen LogP contribution in [0.3, 0.4) is 0 Å². The molecule has 46 heavy (non-hydrogen) atoms. The number of nitrogens with one attached hydrogen (secondary N) is 1. The third-order valence-electron chi connectivity index (χ3n) is 7.53. The number of nitro benzene ring substituents is 1. The number of methoxy groups -OCH3 is 2. The second-order valence-corrected chi connectivity index (χ2v) is 12.9. The first-order chi connectivity index (χ1) is 21.8. The Bertz CT molecular complexity index is 1680. The zero-order valence-corrected chi connectivity index (χ0v) is 28.2. The maximum Gasteiger partial charge on any atom is 0.273 e. The Balaban J connectivity index is 2.20. The van der Waals surface area contributed by atoms with Gasteiger partial charge in [-0.25, -0.2) is 8.42 Å². The number of benzene rings is 3. The van der Waals surface area contributed by atoms with Gasteiger partial charge in [-0.1, -0.05) is 43.6 Å². The fourth-order valence-corrected chi connectivity index (χ4v) is 6.38. The number of sulfonamides is 1. The molecule has 248 valence electrons. The van der Waals surface area contributed by atoms with Gasteiger partial charge in [-0.15, -0.1) is 0 Å². The Morgan fingerprint density at radius 3 is 2.35 bits per heavy atom. The van der Waals surface area contributed by atoms with Gasteiger partial charge in [0.15, 0.2) is 0 Å². The van der Waals surface area contributed by atoms with Crippen molar-refractivity contribution in [3.05, 3.63) is 86.9 Å². The molecule has 0 aliphatic carbocycles. The van der Waals surface area contributed by atoms with Gasteiger partial charge in [0.1, 0.15) is 24.1 Å². The molecule has 0 fully saturated rings. The Hall–Kier alpha value is -4.36. The van der Waals surface area contributed by atoms with E-state index in [-0.39, 0.29) is 41.0 Å². The lowest BCUT2D eigenvalue weighted by atomic mass is 10.1. The van der Waals surface area contributed by atoms with Crippen molar-refractivity contribution in [2.75, 3.05) is 25.1 Å². The number of nitrogens with zero attached hydrogens (tertiary/aromatic N) is 3. The number of nitro groups is 1. The van der Waals surface area contributed by atoms with Crippen LogP contribution in [0.5, 0.6) is 11.5 Å². The molecule has 0 bridgehead atoms. The van der Waals surface area contributed by atoms with E-state index in [1.165, 1.54) is 56.4 Å². The lowest BCUT2D eigenvalue weighted by molar-refractivity contribution is -0.385. The zero-order valence-electron chi connectivity index (χ0n) is 26.7. The molecule has 1 N–H and O–H groups in total. The number of rotatable bonds is 15. The minimum atomic E-state index is -4.64. The van der Waals surface area contributed by atoms with Gasteiger partial charge in [-0.3, -0.25) is 24.0 Å². The topological polar surface area (TPSA) is 148 Å². The lowest BCUT2D eigenvalue weighted by Crippen LogP contribution is -2.53. The molecular formula is C32H39ClN4O8S. The number of hydrogen-bond acceptors (Lipinski definition) is 8. The van der Waals surface area contributed by atoms with Crippen LogP contribution in [-0.2, 0) is 26.2 Å². The summed E-state index contributed by atoms with van der Waals surface area (Å²) < 4.78 is 40.2. The van der Waals surface area contributed by atoms with E-state index in [2.05, 4.69) is 5.32 Å². The van der Waals surface area contributed by atoms with Crippen molar-refractivity contribution in [3.63, 3.8) is 0 Å². The Labute approximate surface area is 274 Å². The van der Waals surface area contributed by atoms with Crippen LogP contribution in [0.2, 0.25) is 5.02 Å². The molecule has 0 aromatic heterocycles. The number of amides is 2. The number of hydrogen-bond donors (Lipinski definition) is 1.